The lowest BCUT2D eigenvalue weighted by Crippen LogP contribution is -2.60. The SMILES string of the molecule is CC(=O)N[C@@H](C)C(=O)N[C@@H](C)C(=O)N1CCC[C@H]1C(=O)NN(C)C(=O)C(C)(O)C(N)=O. The van der Waals surface area contributed by atoms with E-state index in [9.17, 15) is 33.9 Å². The molecule has 174 valence electrons. The van der Waals surface area contributed by atoms with E-state index in [-0.39, 0.29) is 6.54 Å². The van der Waals surface area contributed by atoms with Gasteiger partial charge in [-0.05, 0) is 33.6 Å². The second-order valence-electron chi connectivity index (χ2n) is 7.62. The molecule has 0 aliphatic carbocycles. The minimum Gasteiger partial charge on any atom is -0.372 e. The van der Waals surface area contributed by atoms with Crippen molar-refractivity contribution < 1.29 is 33.9 Å². The zero-order valence-corrected chi connectivity index (χ0v) is 18.2. The summed E-state index contributed by atoms with van der Waals surface area (Å²) in [6.07, 6.45) is 0.832. The van der Waals surface area contributed by atoms with Gasteiger partial charge in [-0.3, -0.25) is 39.2 Å². The Morgan fingerprint density at radius 1 is 1.13 bits per heavy atom. The Kier molecular flexibility index (Phi) is 8.49. The minimum atomic E-state index is -2.52. The van der Waals surface area contributed by atoms with Gasteiger partial charge in [0.2, 0.25) is 23.3 Å². The van der Waals surface area contributed by atoms with Crippen molar-refractivity contribution in [3.05, 3.63) is 0 Å². The third kappa shape index (κ3) is 6.38. The van der Waals surface area contributed by atoms with Gasteiger partial charge in [-0.15, -0.1) is 0 Å². The zero-order chi connectivity index (χ0) is 24.1. The molecule has 31 heavy (non-hydrogen) atoms. The van der Waals surface area contributed by atoms with Gasteiger partial charge in [0.1, 0.15) is 18.1 Å². The topological polar surface area (TPSA) is 191 Å². The molecule has 1 aliphatic heterocycles. The summed E-state index contributed by atoms with van der Waals surface area (Å²) in [6, 6.07) is -2.73. The van der Waals surface area contributed by atoms with Crippen LogP contribution in [0.4, 0.5) is 0 Å². The third-order valence-corrected chi connectivity index (χ3v) is 4.86. The molecule has 0 radical (unpaired) electrons. The molecule has 1 fully saturated rings. The molecule has 13 heteroatoms. The first-order valence-electron chi connectivity index (χ1n) is 9.69. The van der Waals surface area contributed by atoms with Crippen LogP contribution >= 0.6 is 0 Å². The van der Waals surface area contributed by atoms with Crippen LogP contribution in [-0.4, -0.2) is 87.8 Å². The Morgan fingerprint density at radius 2 is 1.71 bits per heavy atom. The van der Waals surface area contributed by atoms with E-state index in [1.807, 2.05) is 0 Å². The second kappa shape index (κ2) is 10.2. The molecule has 0 aromatic heterocycles. The molecule has 0 saturated carbocycles. The fourth-order valence-electron chi connectivity index (χ4n) is 3.04. The van der Waals surface area contributed by atoms with Crippen LogP contribution in [0.25, 0.3) is 0 Å². The molecule has 6 amide bonds. The number of carbonyl (C=O) groups is 6. The lowest BCUT2D eigenvalue weighted by Gasteiger charge is -2.30. The highest BCUT2D eigenvalue weighted by molar-refractivity contribution is 6.07. The standard InChI is InChI=1S/C18H30N6O7/c1-9(20-11(3)25)13(26)21-10(2)15(28)24-8-6-7-12(24)14(27)22-23(5)17(30)18(4,31)16(19)29/h9-10,12,31H,6-8H2,1-5H3,(H2,19,29)(H,20,25)(H,21,26)(H,22,27)/t9-,10-,12-,18?/m0/s1. The molecule has 0 aromatic rings. The van der Waals surface area contributed by atoms with Crippen molar-refractivity contribution in [3.8, 4) is 0 Å². The van der Waals surface area contributed by atoms with Crippen molar-refractivity contribution in [1.29, 1.82) is 0 Å². The van der Waals surface area contributed by atoms with E-state index in [1.165, 1.54) is 25.7 Å². The van der Waals surface area contributed by atoms with Gasteiger partial charge >= 0.3 is 0 Å². The van der Waals surface area contributed by atoms with Gasteiger partial charge < -0.3 is 26.4 Å². The predicted octanol–water partition coefficient (Wildman–Crippen LogP) is -3.27. The molecular weight excluding hydrogens is 412 g/mol. The smallest absolute Gasteiger partial charge is 0.282 e. The third-order valence-electron chi connectivity index (χ3n) is 4.86. The summed E-state index contributed by atoms with van der Waals surface area (Å²) in [4.78, 5) is 73.2. The first-order valence-corrected chi connectivity index (χ1v) is 9.69. The predicted molar refractivity (Wildman–Crippen MR) is 106 cm³/mol. The molecule has 1 rings (SSSR count). The molecule has 0 aromatic carbocycles. The van der Waals surface area contributed by atoms with E-state index in [4.69, 9.17) is 5.73 Å². The zero-order valence-electron chi connectivity index (χ0n) is 18.2. The highest BCUT2D eigenvalue weighted by atomic mass is 16.3. The molecule has 1 aliphatic rings. The summed E-state index contributed by atoms with van der Waals surface area (Å²) in [5.74, 6) is -4.60. The summed E-state index contributed by atoms with van der Waals surface area (Å²) in [5, 5.41) is 15.4. The first-order chi connectivity index (χ1) is 14.2. The molecular formula is C18H30N6O7. The molecule has 0 spiro atoms. The normalized spacial score (nSPS) is 19.4. The summed E-state index contributed by atoms with van der Waals surface area (Å²) < 4.78 is 0. The Morgan fingerprint density at radius 3 is 2.23 bits per heavy atom. The highest BCUT2D eigenvalue weighted by Gasteiger charge is 2.42. The number of amides is 6. The number of hydrogen-bond donors (Lipinski definition) is 5. The van der Waals surface area contributed by atoms with E-state index in [0.717, 1.165) is 14.0 Å². The van der Waals surface area contributed by atoms with Gasteiger partial charge in [-0.25, -0.2) is 0 Å². The van der Waals surface area contributed by atoms with Crippen LogP contribution in [0.3, 0.4) is 0 Å². The molecule has 13 nitrogen and oxygen atoms in total. The summed E-state index contributed by atoms with van der Waals surface area (Å²) >= 11 is 0. The van der Waals surface area contributed by atoms with Crippen LogP contribution in [0.2, 0.25) is 0 Å². The number of carbonyl (C=O) groups excluding carboxylic acids is 6. The number of nitrogens with zero attached hydrogens (tertiary/aromatic N) is 2. The first kappa shape index (κ1) is 25.8. The van der Waals surface area contributed by atoms with E-state index in [0.29, 0.717) is 17.9 Å². The van der Waals surface area contributed by atoms with Gasteiger partial charge in [0.05, 0.1) is 0 Å². The van der Waals surface area contributed by atoms with Crippen LogP contribution < -0.4 is 21.8 Å². The minimum absolute atomic E-state index is 0.259. The number of rotatable bonds is 7. The van der Waals surface area contributed by atoms with Crippen LogP contribution in [0.5, 0.6) is 0 Å². The lowest BCUT2D eigenvalue weighted by molar-refractivity contribution is -0.161. The van der Waals surface area contributed by atoms with Crippen LogP contribution in [0.1, 0.15) is 40.5 Å². The van der Waals surface area contributed by atoms with E-state index >= 15 is 0 Å². The number of hydrazine groups is 1. The van der Waals surface area contributed by atoms with Crippen LogP contribution in [0.15, 0.2) is 0 Å². The Balaban J connectivity index is 2.78. The highest BCUT2D eigenvalue weighted by Crippen LogP contribution is 2.19. The fourth-order valence-corrected chi connectivity index (χ4v) is 3.04. The van der Waals surface area contributed by atoms with Crippen LogP contribution in [-0.2, 0) is 28.8 Å². The van der Waals surface area contributed by atoms with Crippen molar-refractivity contribution in [2.24, 2.45) is 5.73 Å². The quantitative estimate of drug-likeness (QED) is 0.202. The molecule has 1 heterocycles. The summed E-state index contributed by atoms with van der Waals surface area (Å²) in [5.41, 5.74) is 4.70. The van der Waals surface area contributed by atoms with Gasteiger partial charge in [-0.1, -0.05) is 0 Å². The average molecular weight is 442 g/mol. The van der Waals surface area contributed by atoms with Crippen molar-refractivity contribution in [3.63, 3.8) is 0 Å². The number of primary amides is 1. The maximum absolute atomic E-state index is 12.8. The maximum Gasteiger partial charge on any atom is 0.282 e. The molecule has 1 unspecified atom stereocenters. The van der Waals surface area contributed by atoms with Gasteiger partial charge in [0, 0.05) is 20.5 Å². The Labute approximate surface area is 179 Å². The van der Waals surface area contributed by atoms with Crippen molar-refractivity contribution in [2.75, 3.05) is 13.6 Å². The number of aliphatic hydroxyl groups is 1. The van der Waals surface area contributed by atoms with Crippen molar-refractivity contribution in [2.45, 2.75) is 64.3 Å². The summed E-state index contributed by atoms with van der Waals surface area (Å²) in [7, 11) is 1.13. The lowest BCUT2D eigenvalue weighted by atomic mass is 10.1. The fraction of sp³-hybridized carbons (Fsp3) is 0.667. The molecule has 6 N–H and O–H groups in total. The molecule has 4 atom stereocenters. The largest absolute Gasteiger partial charge is 0.372 e. The number of likely N-dealkylation sites (N-methyl/N-ethyl adjacent to an activating group) is 1. The van der Waals surface area contributed by atoms with E-state index < -0.39 is 59.2 Å². The summed E-state index contributed by atoms with van der Waals surface area (Å²) in [6.45, 7) is 5.34. The molecule has 0 bridgehead atoms. The van der Waals surface area contributed by atoms with Crippen molar-refractivity contribution in [1.82, 2.24) is 26.0 Å². The van der Waals surface area contributed by atoms with Gasteiger partial charge in [0.15, 0.2) is 0 Å². The van der Waals surface area contributed by atoms with Gasteiger partial charge in [-0.2, -0.15) is 0 Å². The van der Waals surface area contributed by atoms with Gasteiger partial charge in [0.25, 0.3) is 17.7 Å². The van der Waals surface area contributed by atoms with E-state index in [2.05, 4.69) is 16.1 Å². The monoisotopic (exact) mass is 442 g/mol. The Hall–Kier alpha value is -3.22. The van der Waals surface area contributed by atoms with Crippen LogP contribution in [0, 0.1) is 0 Å². The number of nitrogens with one attached hydrogen (secondary N) is 3. The molecule has 1 saturated heterocycles. The van der Waals surface area contributed by atoms with Crippen molar-refractivity contribution >= 4 is 35.4 Å². The number of nitrogens with two attached hydrogens (primary N) is 1. The maximum atomic E-state index is 12.8. The Bertz CT molecular complexity index is 768. The second-order valence-corrected chi connectivity index (χ2v) is 7.62. The number of likely N-dealkylation sites (tertiary alicyclic amines) is 1. The van der Waals surface area contributed by atoms with E-state index in [1.54, 1.807) is 0 Å². The number of hydrogen-bond acceptors (Lipinski definition) is 7. The average Bonchev–Trinajstić information content (AvgIpc) is 3.15.